The highest BCUT2D eigenvalue weighted by molar-refractivity contribution is 5.77. The minimum Gasteiger partial charge on any atom is -0.370 e. The van der Waals surface area contributed by atoms with Crippen LogP contribution >= 0.6 is 0 Å². The highest BCUT2D eigenvalue weighted by atomic mass is 15.1. The minimum absolute atomic E-state index is 0.162. The van der Waals surface area contributed by atoms with E-state index in [1.165, 1.54) is 19.3 Å². The summed E-state index contributed by atoms with van der Waals surface area (Å²) >= 11 is 0. The molecule has 0 aromatic heterocycles. The van der Waals surface area contributed by atoms with Crippen molar-refractivity contribution in [1.29, 1.82) is 0 Å². The Balaban J connectivity index is 2.35. The molecule has 1 aliphatic carbocycles. The van der Waals surface area contributed by atoms with Crippen molar-refractivity contribution in [2.45, 2.75) is 53.9 Å². The lowest BCUT2D eigenvalue weighted by atomic mass is 9.69. The van der Waals surface area contributed by atoms with Crippen LogP contribution in [0.15, 0.2) is 4.99 Å². The summed E-state index contributed by atoms with van der Waals surface area (Å²) in [6.45, 7) is 13.0. The average Bonchev–Trinajstić information content (AvgIpc) is 2.10. The number of nitrogens with one attached hydrogen (secondary N) is 1. The molecule has 0 aliphatic heterocycles. The number of nitrogens with two attached hydrogens (primary N) is 1. The fraction of sp³-hybridized carbons (Fsp3) is 0.929. The first-order valence-electron chi connectivity index (χ1n) is 6.76. The van der Waals surface area contributed by atoms with E-state index in [9.17, 15) is 0 Å². The number of guanidine groups is 1. The van der Waals surface area contributed by atoms with Gasteiger partial charge in [-0.1, -0.05) is 41.0 Å². The molecular formula is C14H29N3. The van der Waals surface area contributed by atoms with E-state index in [0.717, 1.165) is 19.0 Å². The van der Waals surface area contributed by atoms with Crippen LogP contribution in [0.1, 0.15) is 53.9 Å². The molecule has 0 aromatic carbocycles. The molecule has 1 saturated carbocycles. The molecule has 0 atom stereocenters. The number of hydrogen-bond donors (Lipinski definition) is 2. The second-order valence-electron chi connectivity index (χ2n) is 7.01. The lowest BCUT2D eigenvalue weighted by Crippen LogP contribution is -2.39. The van der Waals surface area contributed by atoms with E-state index < -0.39 is 0 Å². The molecule has 0 spiro atoms. The van der Waals surface area contributed by atoms with Crippen molar-refractivity contribution in [2.24, 2.45) is 27.5 Å². The molecule has 100 valence electrons. The molecule has 0 unspecified atom stereocenters. The second-order valence-corrected chi connectivity index (χ2v) is 7.01. The Morgan fingerprint density at radius 2 is 1.82 bits per heavy atom. The van der Waals surface area contributed by atoms with Crippen LogP contribution in [0.4, 0.5) is 0 Å². The average molecular weight is 239 g/mol. The summed E-state index contributed by atoms with van der Waals surface area (Å²) in [5.41, 5.74) is 6.29. The van der Waals surface area contributed by atoms with E-state index in [0.29, 0.717) is 5.96 Å². The predicted molar refractivity (Wildman–Crippen MR) is 75.1 cm³/mol. The quantitative estimate of drug-likeness (QED) is 0.585. The third-order valence-electron chi connectivity index (χ3n) is 4.47. The first kappa shape index (κ1) is 14.3. The van der Waals surface area contributed by atoms with Gasteiger partial charge in [0, 0.05) is 13.1 Å². The number of rotatable bonds is 4. The first-order chi connectivity index (χ1) is 7.72. The van der Waals surface area contributed by atoms with Gasteiger partial charge < -0.3 is 11.1 Å². The molecule has 0 aromatic rings. The third-order valence-corrected chi connectivity index (χ3v) is 4.47. The number of hydrogen-bond acceptors (Lipinski definition) is 1. The van der Waals surface area contributed by atoms with E-state index in [1.54, 1.807) is 0 Å². The van der Waals surface area contributed by atoms with Gasteiger partial charge in [-0.25, -0.2) is 0 Å². The summed E-state index contributed by atoms with van der Waals surface area (Å²) in [5.74, 6) is 1.42. The van der Waals surface area contributed by atoms with Gasteiger partial charge in [-0.15, -0.1) is 0 Å². The van der Waals surface area contributed by atoms with E-state index in [-0.39, 0.29) is 10.8 Å². The molecule has 1 fully saturated rings. The Labute approximate surface area is 106 Å². The summed E-state index contributed by atoms with van der Waals surface area (Å²) in [6.07, 6.45) is 4.06. The monoisotopic (exact) mass is 239 g/mol. The Hall–Kier alpha value is -0.730. The fourth-order valence-corrected chi connectivity index (χ4v) is 1.52. The molecule has 0 saturated heterocycles. The lowest BCUT2D eigenvalue weighted by Gasteiger charge is -2.37. The maximum atomic E-state index is 5.89. The van der Waals surface area contributed by atoms with Crippen molar-refractivity contribution < 1.29 is 0 Å². The minimum atomic E-state index is 0.162. The smallest absolute Gasteiger partial charge is 0.188 e. The molecule has 1 rings (SSSR count). The van der Waals surface area contributed by atoms with Gasteiger partial charge in [-0.3, -0.25) is 4.99 Å². The molecular weight excluding hydrogens is 210 g/mol. The molecule has 17 heavy (non-hydrogen) atoms. The second kappa shape index (κ2) is 5.28. The van der Waals surface area contributed by atoms with Crippen molar-refractivity contribution >= 4 is 5.96 Å². The molecule has 0 heterocycles. The lowest BCUT2D eigenvalue weighted by molar-refractivity contribution is 0.143. The SMILES string of the molecule is CC(C)(C)C(C)(C)CN=C(N)NCC1CCC1. The molecule has 0 bridgehead atoms. The van der Waals surface area contributed by atoms with Gasteiger partial charge in [0.25, 0.3) is 0 Å². The van der Waals surface area contributed by atoms with Crippen LogP contribution in [-0.2, 0) is 0 Å². The van der Waals surface area contributed by atoms with E-state index in [1.807, 2.05) is 0 Å². The van der Waals surface area contributed by atoms with Gasteiger partial charge in [-0.05, 0) is 29.6 Å². The molecule has 3 nitrogen and oxygen atoms in total. The van der Waals surface area contributed by atoms with Crippen molar-refractivity contribution in [3.05, 3.63) is 0 Å². The van der Waals surface area contributed by atoms with Crippen LogP contribution in [0, 0.1) is 16.7 Å². The zero-order valence-corrected chi connectivity index (χ0v) is 12.1. The van der Waals surface area contributed by atoms with Crippen molar-refractivity contribution in [2.75, 3.05) is 13.1 Å². The van der Waals surface area contributed by atoms with Crippen LogP contribution in [0.3, 0.4) is 0 Å². The van der Waals surface area contributed by atoms with Crippen LogP contribution < -0.4 is 11.1 Å². The molecule has 3 N–H and O–H groups in total. The summed E-state index contributed by atoms with van der Waals surface area (Å²) in [4.78, 5) is 4.48. The maximum Gasteiger partial charge on any atom is 0.188 e. The normalized spacial score (nSPS) is 19.0. The number of nitrogens with zero attached hydrogens (tertiary/aromatic N) is 1. The van der Waals surface area contributed by atoms with Crippen LogP contribution in [-0.4, -0.2) is 19.0 Å². The van der Waals surface area contributed by atoms with E-state index in [2.05, 4.69) is 44.9 Å². The Bertz CT molecular complexity index is 270. The summed E-state index contributed by atoms with van der Waals surface area (Å²) in [7, 11) is 0. The summed E-state index contributed by atoms with van der Waals surface area (Å²) in [6, 6.07) is 0. The molecule has 1 aliphatic rings. The summed E-state index contributed by atoms with van der Waals surface area (Å²) in [5, 5.41) is 3.24. The molecule has 0 radical (unpaired) electrons. The highest BCUT2D eigenvalue weighted by Gasteiger charge is 2.32. The Morgan fingerprint density at radius 1 is 1.24 bits per heavy atom. The first-order valence-corrected chi connectivity index (χ1v) is 6.76. The Kier molecular flexibility index (Phi) is 4.45. The zero-order valence-electron chi connectivity index (χ0n) is 12.1. The largest absolute Gasteiger partial charge is 0.370 e. The van der Waals surface area contributed by atoms with Gasteiger partial charge in [0.2, 0.25) is 0 Å². The van der Waals surface area contributed by atoms with Crippen LogP contribution in [0.25, 0.3) is 0 Å². The van der Waals surface area contributed by atoms with Gasteiger partial charge in [0.05, 0.1) is 0 Å². The molecule has 3 heteroatoms. The standard InChI is InChI=1S/C14H29N3/c1-13(2,3)14(4,5)10-17-12(15)16-9-11-7-6-8-11/h11H,6-10H2,1-5H3,(H3,15,16,17). The van der Waals surface area contributed by atoms with E-state index >= 15 is 0 Å². The highest BCUT2D eigenvalue weighted by Crippen LogP contribution is 2.37. The van der Waals surface area contributed by atoms with Crippen LogP contribution in [0.5, 0.6) is 0 Å². The summed E-state index contributed by atoms with van der Waals surface area (Å²) < 4.78 is 0. The van der Waals surface area contributed by atoms with Gasteiger partial charge in [0.15, 0.2) is 5.96 Å². The predicted octanol–water partition coefficient (Wildman–Crippen LogP) is 2.76. The van der Waals surface area contributed by atoms with Crippen LogP contribution in [0.2, 0.25) is 0 Å². The van der Waals surface area contributed by atoms with Crippen molar-refractivity contribution in [3.8, 4) is 0 Å². The molecule has 0 amide bonds. The maximum absolute atomic E-state index is 5.89. The zero-order chi connectivity index (χ0) is 13.1. The number of aliphatic imine (C=N–C) groups is 1. The fourth-order valence-electron chi connectivity index (χ4n) is 1.52. The van der Waals surface area contributed by atoms with Crippen molar-refractivity contribution in [3.63, 3.8) is 0 Å². The van der Waals surface area contributed by atoms with Crippen molar-refractivity contribution in [1.82, 2.24) is 5.32 Å². The van der Waals surface area contributed by atoms with Gasteiger partial charge >= 0.3 is 0 Å². The Morgan fingerprint density at radius 3 is 2.24 bits per heavy atom. The van der Waals surface area contributed by atoms with Gasteiger partial charge in [-0.2, -0.15) is 0 Å². The van der Waals surface area contributed by atoms with E-state index in [4.69, 9.17) is 5.73 Å². The third kappa shape index (κ3) is 4.21. The van der Waals surface area contributed by atoms with Gasteiger partial charge in [0.1, 0.15) is 0 Å². The topological polar surface area (TPSA) is 50.4 Å².